The van der Waals surface area contributed by atoms with Gasteiger partial charge in [-0.05, 0) is 39.0 Å². The second-order valence-corrected chi connectivity index (χ2v) is 6.07. The van der Waals surface area contributed by atoms with Crippen LogP contribution in [-0.4, -0.2) is 35.0 Å². The highest BCUT2D eigenvalue weighted by Crippen LogP contribution is 2.22. The molecule has 0 N–H and O–H groups in total. The van der Waals surface area contributed by atoms with Gasteiger partial charge < -0.3 is 14.1 Å². The zero-order valence-corrected chi connectivity index (χ0v) is 13.8. The van der Waals surface area contributed by atoms with E-state index >= 15 is 0 Å². The number of likely N-dealkylation sites (tertiary alicyclic amines) is 1. The fourth-order valence-electron chi connectivity index (χ4n) is 2.91. The molecule has 2 aromatic rings. The van der Waals surface area contributed by atoms with Crippen molar-refractivity contribution in [1.29, 1.82) is 0 Å². The zero-order chi connectivity index (χ0) is 16.4. The van der Waals surface area contributed by atoms with Gasteiger partial charge in [0.25, 0.3) is 5.91 Å². The Balaban J connectivity index is 1.57. The molecular formula is C18H22N2O3. The van der Waals surface area contributed by atoms with E-state index in [4.69, 9.17) is 9.15 Å². The largest absolute Gasteiger partial charge is 0.489 e. The van der Waals surface area contributed by atoms with Gasteiger partial charge in [-0.25, -0.2) is 0 Å². The average Bonchev–Trinajstić information content (AvgIpc) is 2.88. The number of hydrogen-bond acceptors (Lipinski definition) is 4. The summed E-state index contributed by atoms with van der Waals surface area (Å²) in [5, 5.41) is 0. The number of ether oxygens (including phenoxy) is 1. The van der Waals surface area contributed by atoms with E-state index in [1.807, 2.05) is 43.9 Å². The molecule has 3 rings (SSSR count). The molecule has 1 amide bonds. The SMILES string of the molecule is Cc1ccc(OC2CCN(C(=O)c3cc(C)oc3C)CC2)cn1. The first-order valence-electron chi connectivity index (χ1n) is 7.98. The Morgan fingerprint density at radius 1 is 1.26 bits per heavy atom. The maximum absolute atomic E-state index is 12.6. The van der Waals surface area contributed by atoms with E-state index in [9.17, 15) is 4.79 Å². The van der Waals surface area contributed by atoms with Gasteiger partial charge in [0.2, 0.25) is 0 Å². The van der Waals surface area contributed by atoms with Crippen molar-refractivity contribution >= 4 is 5.91 Å². The molecule has 2 aromatic heterocycles. The van der Waals surface area contributed by atoms with Crippen LogP contribution in [0, 0.1) is 20.8 Å². The molecule has 1 aliphatic rings. The molecule has 5 nitrogen and oxygen atoms in total. The number of furan rings is 1. The predicted molar refractivity (Wildman–Crippen MR) is 86.7 cm³/mol. The van der Waals surface area contributed by atoms with E-state index in [1.54, 1.807) is 6.20 Å². The molecule has 0 unspecified atom stereocenters. The lowest BCUT2D eigenvalue weighted by Gasteiger charge is -2.32. The summed E-state index contributed by atoms with van der Waals surface area (Å²) in [4.78, 5) is 18.7. The van der Waals surface area contributed by atoms with Crippen LogP contribution in [0.5, 0.6) is 5.75 Å². The molecule has 3 heterocycles. The minimum atomic E-state index is 0.0507. The Hall–Kier alpha value is -2.30. The number of pyridine rings is 1. The number of carbonyl (C=O) groups is 1. The van der Waals surface area contributed by atoms with Gasteiger partial charge >= 0.3 is 0 Å². The first-order valence-corrected chi connectivity index (χ1v) is 7.98. The van der Waals surface area contributed by atoms with Gasteiger partial charge in [-0.15, -0.1) is 0 Å². The maximum Gasteiger partial charge on any atom is 0.257 e. The third-order valence-electron chi connectivity index (χ3n) is 4.19. The minimum Gasteiger partial charge on any atom is -0.489 e. The molecular weight excluding hydrogens is 292 g/mol. The molecule has 0 aromatic carbocycles. The minimum absolute atomic E-state index is 0.0507. The number of rotatable bonds is 3. The van der Waals surface area contributed by atoms with Crippen LogP contribution in [0.1, 0.15) is 40.4 Å². The van der Waals surface area contributed by atoms with Crippen LogP contribution in [0.3, 0.4) is 0 Å². The van der Waals surface area contributed by atoms with Crippen LogP contribution >= 0.6 is 0 Å². The van der Waals surface area contributed by atoms with E-state index < -0.39 is 0 Å². The van der Waals surface area contributed by atoms with Crippen molar-refractivity contribution in [3.05, 3.63) is 47.2 Å². The van der Waals surface area contributed by atoms with Gasteiger partial charge in [-0.3, -0.25) is 9.78 Å². The van der Waals surface area contributed by atoms with Crippen molar-refractivity contribution in [1.82, 2.24) is 9.88 Å². The molecule has 1 aliphatic heterocycles. The summed E-state index contributed by atoms with van der Waals surface area (Å²) in [6.07, 6.45) is 3.55. The lowest BCUT2D eigenvalue weighted by Crippen LogP contribution is -2.41. The molecule has 23 heavy (non-hydrogen) atoms. The third kappa shape index (κ3) is 3.55. The van der Waals surface area contributed by atoms with Crippen molar-refractivity contribution < 1.29 is 13.9 Å². The van der Waals surface area contributed by atoms with Crippen LogP contribution in [0.2, 0.25) is 0 Å². The van der Waals surface area contributed by atoms with Crippen molar-refractivity contribution in [3.8, 4) is 5.75 Å². The molecule has 0 radical (unpaired) electrons. The van der Waals surface area contributed by atoms with E-state index in [2.05, 4.69) is 4.98 Å². The lowest BCUT2D eigenvalue weighted by molar-refractivity contribution is 0.0593. The monoisotopic (exact) mass is 314 g/mol. The van der Waals surface area contributed by atoms with Crippen molar-refractivity contribution in [2.45, 2.75) is 39.7 Å². The van der Waals surface area contributed by atoms with Gasteiger partial charge in [0.15, 0.2) is 0 Å². The average molecular weight is 314 g/mol. The summed E-state index contributed by atoms with van der Waals surface area (Å²) in [6, 6.07) is 5.70. The molecule has 0 spiro atoms. The lowest BCUT2D eigenvalue weighted by atomic mass is 10.1. The first-order chi connectivity index (χ1) is 11.0. The number of nitrogens with zero attached hydrogens (tertiary/aromatic N) is 2. The van der Waals surface area contributed by atoms with Gasteiger partial charge in [0.1, 0.15) is 23.4 Å². The molecule has 0 saturated carbocycles. The Morgan fingerprint density at radius 3 is 2.57 bits per heavy atom. The normalized spacial score (nSPS) is 15.7. The highest BCUT2D eigenvalue weighted by Gasteiger charge is 2.26. The number of hydrogen-bond donors (Lipinski definition) is 0. The molecule has 0 aliphatic carbocycles. The number of aromatic nitrogens is 1. The standard InChI is InChI=1S/C18H22N2O3/c1-12-4-5-16(11-19-12)23-15-6-8-20(9-7-15)18(21)17-10-13(2)22-14(17)3/h4-5,10-11,15H,6-9H2,1-3H3. The van der Waals surface area contributed by atoms with E-state index in [1.165, 1.54) is 0 Å². The number of carbonyl (C=O) groups excluding carboxylic acids is 1. The zero-order valence-electron chi connectivity index (χ0n) is 13.8. The summed E-state index contributed by atoms with van der Waals surface area (Å²) in [5.41, 5.74) is 1.65. The van der Waals surface area contributed by atoms with Gasteiger partial charge in [-0.2, -0.15) is 0 Å². The summed E-state index contributed by atoms with van der Waals surface area (Å²) in [7, 11) is 0. The van der Waals surface area contributed by atoms with Crippen LogP contribution in [0.4, 0.5) is 0 Å². The number of aryl methyl sites for hydroxylation is 3. The van der Waals surface area contributed by atoms with Gasteiger partial charge in [0, 0.05) is 31.6 Å². The second-order valence-electron chi connectivity index (χ2n) is 6.07. The number of piperidine rings is 1. The topological polar surface area (TPSA) is 55.6 Å². The van der Waals surface area contributed by atoms with Crippen molar-refractivity contribution in [2.24, 2.45) is 0 Å². The molecule has 1 saturated heterocycles. The van der Waals surface area contributed by atoms with Crippen LogP contribution < -0.4 is 4.74 Å². The fraction of sp³-hybridized carbons (Fsp3) is 0.444. The van der Waals surface area contributed by atoms with E-state index in [0.717, 1.165) is 30.0 Å². The van der Waals surface area contributed by atoms with Crippen LogP contribution in [0.15, 0.2) is 28.8 Å². The van der Waals surface area contributed by atoms with Crippen LogP contribution in [0.25, 0.3) is 0 Å². The Morgan fingerprint density at radius 2 is 2.00 bits per heavy atom. The first kappa shape index (κ1) is 15.6. The predicted octanol–water partition coefficient (Wildman–Crippen LogP) is 3.28. The number of amides is 1. The Labute approximate surface area is 136 Å². The Kier molecular flexibility index (Phi) is 4.37. The van der Waals surface area contributed by atoms with E-state index in [0.29, 0.717) is 24.4 Å². The highest BCUT2D eigenvalue weighted by atomic mass is 16.5. The quantitative estimate of drug-likeness (QED) is 0.872. The van der Waals surface area contributed by atoms with Gasteiger partial charge in [0.05, 0.1) is 11.8 Å². The summed E-state index contributed by atoms with van der Waals surface area (Å²) in [5.74, 6) is 2.31. The maximum atomic E-state index is 12.6. The molecule has 5 heteroatoms. The smallest absolute Gasteiger partial charge is 0.257 e. The molecule has 122 valence electrons. The molecule has 1 fully saturated rings. The second kappa shape index (κ2) is 6.44. The molecule has 0 bridgehead atoms. The van der Waals surface area contributed by atoms with Crippen molar-refractivity contribution in [2.75, 3.05) is 13.1 Å². The van der Waals surface area contributed by atoms with Crippen molar-refractivity contribution in [3.63, 3.8) is 0 Å². The highest BCUT2D eigenvalue weighted by molar-refractivity contribution is 5.95. The van der Waals surface area contributed by atoms with Crippen LogP contribution in [-0.2, 0) is 0 Å². The van der Waals surface area contributed by atoms with E-state index in [-0.39, 0.29) is 12.0 Å². The summed E-state index contributed by atoms with van der Waals surface area (Å²) in [6.45, 7) is 7.05. The van der Waals surface area contributed by atoms with Gasteiger partial charge in [-0.1, -0.05) is 0 Å². The fourth-order valence-corrected chi connectivity index (χ4v) is 2.91. The summed E-state index contributed by atoms with van der Waals surface area (Å²) < 4.78 is 11.4. The Bertz CT molecular complexity index is 683. The molecule has 0 atom stereocenters. The third-order valence-corrected chi connectivity index (χ3v) is 4.19. The summed E-state index contributed by atoms with van der Waals surface area (Å²) >= 11 is 0.